The summed E-state index contributed by atoms with van der Waals surface area (Å²) in [6.07, 6.45) is 0. The highest BCUT2D eigenvalue weighted by Gasteiger charge is 2.27. The summed E-state index contributed by atoms with van der Waals surface area (Å²) in [7, 11) is 4.02. The van der Waals surface area contributed by atoms with Gasteiger partial charge in [0.15, 0.2) is 0 Å². The molecular weight excluding hydrogens is 254 g/mol. The number of hydrogen-bond acceptors (Lipinski definition) is 4. The maximum absolute atomic E-state index is 12.1. The van der Waals surface area contributed by atoms with Crippen LogP contribution >= 0.6 is 0 Å². The number of anilines is 1. The molecule has 0 bridgehead atoms. The molecule has 110 valence electrons. The van der Waals surface area contributed by atoms with Gasteiger partial charge in [-0.3, -0.25) is 4.79 Å². The van der Waals surface area contributed by atoms with E-state index in [1.165, 1.54) is 0 Å². The highest BCUT2D eigenvalue weighted by Crippen LogP contribution is 2.30. The Balaban J connectivity index is 1.69. The third-order valence-electron chi connectivity index (χ3n) is 3.38. The molecule has 0 fully saturated rings. The van der Waals surface area contributed by atoms with E-state index < -0.39 is 0 Å². The zero-order chi connectivity index (χ0) is 14.4. The lowest BCUT2D eigenvalue weighted by Gasteiger charge is -2.12. The molecule has 0 aromatic heterocycles. The fourth-order valence-electron chi connectivity index (χ4n) is 2.24. The number of carbonyl (C=O) groups excluding carboxylic acids is 1. The van der Waals surface area contributed by atoms with Crippen LogP contribution in [0, 0.1) is 0 Å². The summed E-state index contributed by atoms with van der Waals surface area (Å²) in [5.74, 6) is -0.0216. The van der Waals surface area contributed by atoms with Crippen LogP contribution in [0.2, 0.25) is 0 Å². The zero-order valence-corrected chi connectivity index (χ0v) is 12.2. The molecule has 0 aliphatic carbocycles. The van der Waals surface area contributed by atoms with Gasteiger partial charge < -0.3 is 20.3 Å². The molecule has 2 rings (SSSR count). The number of hydrogen-bond donors (Lipinski definition) is 2. The van der Waals surface area contributed by atoms with Crippen molar-refractivity contribution in [3.8, 4) is 0 Å². The normalized spacial score (nSPS) is 16.9. The number of para-hydroxylation sites is 1. The SMILES string of the molecule is CN(C)CCOCCNC(=O)C1CNc2ccccc21. The highest BCUT2D eigenvalue weighted by molar-refractivity contribution is 5.88. The van der Waals surface area contributed by atoms with Crippen LogP contribution in [-0.4, -0.2) is 57.8 Å². The van der Waals surface area contributed by atoms with Crippen LogP contribution in [0.1, 0.15) is 11.5 Å². The molecular formula is C15H23N3O2. The molecule has 5 heteroatoms. The van der Waals surface area contributed by atoms with Gasteiger partial charge in [-0.15, -0.1) is 0 Å². The van der Waals surface area contributed by atoms with Crippen LogP contribution in [0.25, 0.3) is 0 Å². The number of benzene rings is 1. The zero-order valence-electron chi connectivity index (χ0n) is 12.2. The van der Waals surface area contributed by atoms with Gasteiger partial charge in [-0.1, -0.05) is 18.2 Å². The van der Waals surface area contributed by atoms with Crippen LogP contribution in [-0.2, 0) is 9.53 Å². The fourth-order valence-corrected chi connectivity index (χ4v) is 2.24. The predicted octanol–water partition coefficient (Wildman–Crippen LogP) is 0.890. The largest absolute Gasteiger partial charge is 0.384 e. The Hall–Kier alpha value is -1.59. The molecule has 1 aliphatic rings. The van der Waals surface area contributed by atoms with Crippen molar-refractivity contribution in [1.82, 2.24) is 10.2 Å². The average Bonchev–Trinajstić information content (AvgIpc) is 2.86. The molecule has 1 heterocycles. The van der Waals surface area contributed by atoms with Crippen LogP contribution < -0.4 is 10.6 Å². The summed E-state index contributed by atoms with van der Waals surface area (Å²) >= 11 is 0. The minimum atomic E-state index is -0.0898. The summed E-state index contributed by atoms with van der Waals surface area (Å²) in [5.41, 5.74) is 2.15. The number of fused-ring (bicyclic) bond motifs is 1. The topological polar surface area (TPSA) is 53.6 Å². The molecule has 5 nitrogen and oxygen atoms in total. The lowest BCUT2D eigenvalue weighted by molar-refractivity contribution is -0.122. The molecule has 1 unspecified atom stereocenters. The van der Waals surface area contributed by atoms with Gasteiger partial charge in [0.1, 0.15) is 0 Å². The van der Waals surface area contributed by atoms with Gasteiger partial charge in [0, 0.05) is 25.3 Å². The van der Waals surface area contributed by atoms with Gasteiger partial charge in [0.05, 0.1) is 19.1 Å². The smallest absolute Gasteiger partial charge is 0.229 e. The molecule has 1 amide bonds. The molecule has 0 spiro atoms. The summed E-state index contributed by atoms with van der Waals surface area (Å²) in [6, 6.07) is 7.96. The Morgan fingerprint density at radius 1 is 1.40 bits per heavy atom. The number of ether oxygens (including phenoxy) is 1. The van der Waals surface area contributed by atoms with Gasteiger partial charge in [0.25, 0.3) is 0 Å². The second kappa shape index (κ2) is 7.26. The molecule has 2 N–H and O–H groups in total. The van der Waals surface area contributed by atoms with Crippen LogP contribution in [0.15, 0.2) is 24.3 Å². The summed E-state index contributed by atoms with van der Waals surface area (Å²) in [5, 5.41) is 6.19. The Kier molecular flexibility index (Phi) is 5.38. The summed E-state index contributed by atoms with van der Waals surface area (Å²) < 4.78 is 5.45. The van der Waals surface area contributed by atoms with Crippen molar-refractivity contribution >= 4 is 11.6 Å². The maximum atomic E-state index is 12.1. The van der Waals surface area contributed by atoms with Crippen molar-refractivity contribution < 1.29 is 9.53 Å². The molecule has 0 radical (unpaired) electrons. The third-order valence-corrected chi connectivity index (χ3v) is 3.38. The van der Waals surface area contributed by atoms with Gasteiger partial charge in [-0.25, -0.2) is 0 Å². The fraction of sp³-hybridized carbons (Fsp3) is 0.533. The first-order chi connectivity index (χ1) is 9.68. The van der Waals surface area contributed by atoms with E-state index in [0.29, 0.717) is 26.3 Å². The molecule has 1 aromatic rings. The van der Waals surface area contributed by atoms with E-state index in [2.05, 4.69) is 15.5 Å². The Morgan fingerprint density at radius 3 is 3.00 bits per heavy atom. The second-order valence-corrected chi connectivity index (χ2v) is 5.23. The number of nitrogens with zero attached hydrogens (tertiary/aromatic N) is 1. The van der Waals surface area contributed by atoms with Crippen molar-refractivity contribution in [2.24, 2.45) is 0 Å². The number of amides is 1. The van der Waals surface area contributed by atoms with Crippen LogP contribution in [0.4, 0.5) is 5.69 Å². The van der Waals surface area contributed by atoms with Crippen LogP contribution in [0.5, 0.6) is 0 Å². The predicted molar refractivity (Wildman–Crippen MR) is 80.1 cm³/mol. The quantitative estimate of drug-likeness (QED) is 0.727. The van der Waals surface area contributed by atoms with Crippen LogP contribution in [0.3, 0.4) is 0 Å². The first-order valence-electron chi connectivity index (χ1n) is 7.01. The monoisotopic (exact) mass is 277 g/mol. The number of rotatable bonds is 7. The van der Waals surface area contributed by atoms with Gasteiger partial charge >= 0.3 is 0 Å². The van der Waals surface area contributed by atoms with E-state index >= 15 is 0 Å². The standard InChI is InChI=1S/C15H23N3O2/c1-18(2)8-10-20-9-7-16-15(19)13-11-17-14-6-4-3-5-12(13)14/h3-6,13,17H,7-11H2,1-2H3,(H,16,19). The third kappa shape index (κ3) is 3.95. The summed E-state index contributed by atoms with van der Waals surface area (Å²) in [6.45, 7) is 3.38. The van der Waals surface area contributed by atoms with E-state index in [1.807, 2.05) is 38.4 Å². The van der Waals surface area contributed by atoms with E-state index in [0.717, 1.165) is 17.8 Å². The number of nitrogens with one attached hydrogen (secondary N) is 2. The van der Waals surface area contributed by atoms with Crippen molar-refractivity contribution in [1.29, 1.82) is 0 Å². The first-order valence-corrected chi connectivity index (χ1v) is 7.01. The van der Waals surface area contributed by atoms with E-state index in [9.17, 15) is 4.79 Å². The van der Waals surface area contributed by atoms with Crippen molar-refractivity contribution in [3.63, 3.8) is 0 Å². The highest BCUT2D eigenvalue weighted by atomic mass is 16.5. The maximum Gasteiger partial charge on any atom is 0.229 e. The van der Waals surface area contributed by atoms with Gasteiger partial charge in [-0.2, -0.15) is 0 Å². The minimum absolute atomic E-state index is 0.0682. The molecule has 1 atom stereocenters. The van der Waals surface area contributed by atoms with E-state index in [1.54, 1.807) is 0 Å². The average molecular weight is 277 g/mol. The Bertz CT molecular complexity index is 448. The first kappa shape index (κ1) is 14.8. The van der Waals surface area contributed by atoms with Crippen molar-refractivity contribution in [3.05, 3.63) is 29.8 Å². The number of likely N-dealkylation sites (N-methyl/N-ethyl adjacent to an activating group) is 1. The molecule has 1 aliphatic heterocycles. The van der Waals surface area contributed by atoms with Crippen molar-refractivity contribution in [2.75, 3.05) is 52.3 Å². The van der Waals surface area contributed by atoms with Crippen molar-refractivity contribution in [2.45, 2.75) is 5.92 Å². The lowest BCUT2D eigenvalue weighted by atomic mass is 10.0. The molecule has 0 saturated carbocycles. The Morgan fingerprint density at radius 2 is 2.20 bits per heavy atom. The molecule has 20 heavy (non-hydrogen) atoms. The number of carbonyl (C=O) groups is 1. The molecule has 1 aromatic carbocycles. The van der Waals surface area contributed by atoms with E-state index in [-0.39, 0.29) is 11.8 Å². The summed E-state index contributed by atoms with van der Waals surface area (Å²) in [4.78, 5) is 14.2. The minimum Gasteiger partial charge on any atom is -0.384 e. The lowest BCUT2D eigenvalue weighted by Crippen LogP contribution is -2.33. The van der Waals surface area contributed by atoms with Gasteiger partial charge in [-0.05, 0) is 25.7 Å². The molecule has 0 saturated heterocycles. The Labute approximate surface area is 120 Å². The van der Waals surface area contributed by atoms with Gasteiger partial charge in [0.2, 0.25) is 5.91 Å². The van der Waals surface area contributed by atoms with E-state index in [4.69, 9.17) is 4.74 Å². The second-order valence-electron chi connectivity index (χ2n) is 5.23.